The zero-order valence-corrected chi connectivity index (χ0v) is 17.2. The lowest BCUT2D eigenvalue weighted by Crippen LogP contribution is -2.28. The number of rotatable bonds is 8. The predicted molar refractivity (Wildman–Crippen MR) is 111 cm³/mol. The quantitative estimate of drug-likeness (QED) is 0.414. The molecule has 27 heavy (non-hydrogen) atoms. The Labute approximate surface area is 165 Å². The van der Waals surface area contributed by atoms with E-state index in [1.165, 1.54) is 17.3 Å². The minimum atomic E-state index is -0.250. The molecule has 0 aliphatic heterocycles. The molecule has 0 fully saturated rings. The van der Waals surface area contributed by atoms with Gasteiger partial charge >= 0.3 is 0 Å². The maximum atomic E-state index is 12.4. The van der Waals surface area contributed by atoms with E-state index in [0.29, 0.717) is 17.9 Å². The molecule has 144 valence electrons. The molecule has 2 aromatic rings. The second-order valence-corrected chi connectivity index (χ2v) is 7.45. The van der Waals surface area contributed by atoms with Crippen LogP contribution in [0.25, 0.3) is 0 Å². The fourth-order valence-electron chi connectivity index (χ4n) is 2.45. The fraction of sp³-hybridized carbons (Fsp3) is 0.333. The van der Waals surface area contributed by atoms with Crippen molar-refractivity contribution in [2.24, 2.45) is 5.10 Å². The summed E-state index contributed by atoms with van der Waals surface area (Å²) in [6.07, 6.45) is 0.676. The van der Waals surface area contributed by atoms with Crippen molar-refractivity contribution in [1.29, 1.82) is 0 Å². The Bertz CT molecular complexity index is 804. The fourth-order valence-corrected chi connectivity index (χ4v) is 3.31. The van der Waals surface area contributed by atoms with Crippen molar-refractivity contribution in [3.8, 4) is 11.5 Å². The number of amides is 1. The minimum absolute atomic E-state index is 0.132. The number of carbonyl (C=O) groups is 1. The lowest BCUT2D eigenvalue weighted by molar-refractivity contribution is -0.120. The molecular formula is C21H26N2O3S. The van der Waals surface area contributed by atoms with Crippen LogP contribution in [0, 0.1) is 6.92 Å². The number of carbonyl (C=O) groups excluding carboxylic acids is 1. The van der Waals surface area contributed by atoms with Gasteiger partial charge in [-0.15, -0.1) is 11.8 Å². The first-order valence-electron chi connectivity index (χ1n) is 8.80. The molecular weight excluding hydrogens is 360 g/mol. The van der Waals surface area contributed by atoms with Gasteiger partial charge in [-0.05, 0) is 50.6 Å². The van der Waals surface area contributed by atoms with Crippen LogP contribution >= 0.6 is 11.8 Å². The van der Waals surface area contributed by atoms with Crippen molar-refractivity contribution in [2.45, 2.75) is 37.3 Å². The molecule has 0 heterocycles. The lowest BCUT2D eigenvalue weighted by Gasteiger charge is -2.12. The summed E-state index contributed by atoms with van der Waals surface area (Å²) in [5.74, 6) is 1.15. The van der Waals surface area contributed by atoms with E-state index in [4.69, 9.17) is 9.47 Å². The van der Waals surface area contributed by atoms with Crippen molar-refractivity contribution < 1.29 is 14.3 Å². The molecule has 6 heteroatoms. The Kier molecular flexibility index (Phi) is 7.73. The van der Waals surface area contributed by atoms with Crippen molar-refractivity contribution in [2.75, 3.05) is 14.2 Å². The number of ether oxygens (including phenoxy) is 2. The Hall–Kier alpha value is -2.47. The van der Waals surface area contributed by atoms with Gasteiger partial charge in [0.1, 0.15) is 0 Å². The SMILES string of the molecule is CC/C(=N/NC(=O)[C@H](C)Sc1ccc(C)cc1)c1ccc(OC)c(OC)c1. The number of methoxy groups -OCH3 is 2. The van der Waals surface area contributed by atoms with Crippen LogP contribution in [0.2, 0.25) is 0 Å². The first-order valence-corrected chi connectivity index (χ1v) is 9.68. The van der Waals surface area contributed by atoms with Crippen LogP contribution in [0.1, 0.15) is 31.4 Å². The average molecular weight is 387 g/mol. The summed E-state index contributed by atoms with van der Waals surface area (Å²) in [7, 11) is 3.19. The summed E-state index contributed by atoms with van der Waals surface area (Å²) >= 11 is 1.51. The van der Waals surface area contributed by atoms with Gasteiger partial charge < -0.3 is 9.47 Å². The normalized spacial score (nSPS) is 12.4. The summed E-state index contributed by atoms with van der Waals surface area (Å²) in [4.78, 5) is 13.5. The highest BCUT2D eigenvalue weighted by molar-refractivity contribution is 8.00. The Morgan fingerprint density at radius 3 is 2.37 bits per heavy atom. The maximum absolute atomic E-state index is 12.4. The van der Waals surface area contributed by atoms with Crippen molar-refractivity contribution in [3.05, 3.63) is 53.6 Å². The number of thioether (sulfide) groups is 1. The van der Waals surface area contributed by atoms with Crippen LogP contribution in [0.4, 0.5) is 0 Å². The van der Waals surface area contributed by atoms with E-state index in [1.807, 2.05) is 63.2 Å². The highest BCUT2D eigenvalue weighted by Crippen LogP contribution is 2.28. The molecule has 2 rings (SSSR count). The molecule has 1 atom stereocenters. The van der Waals surface area contributed by atoms with Gasteiger partial charge in [0.2, 0.25) is 0 Å². The number of hydrogen-bond donors (Lipinski definition) is 1. The summed E-state index contributed by atoms with van der Waals surface area (Å²) in [6, 6.07) is 13.7. The first-order chi connectivity index (χ1) is 13.0. The van der Waals surface area contributed by atoms with E-state index in [2.05, 4.69) is 10.5 Å². The molecule has 5 nitrogen and oxygen atoms in total. The standard InChI is InChI=1S/C21H26N2O3S/c1-6-18(16-9-12-19(25-4)20(13-16)26-5)22-23-21(24)15(3)27-17-10-7-14(2)8-11-17/h7-13,15H,6H2,1-5H3,(H,23,24)/b22-18-/t15-/m0/s1. The third-order valence-electron chi connectivity index (χ3n) is 4.06. The number of hydrogen-bond acceptors (Lipinski definition) is 5. The monoisotopic (exact) mass is 386 g/mol. The van der Waals surface area contributed by atoms with Crippen LogP contribution in [0.5, 0.6) is 11.5 Å². The van der Waals surface area contributed by atoms with Crippen molar-refractivity contribution in [3.63, 3.8) is 0 Å². The first kappa shape index (κ1) is 20.8. The smallest absolute Gasteiger partial charge is 0.253 e. The van der Waals surface area contributed by atoms with Crippen molar-refractivity contribution >= 4 is 23.4 Å². The number of nitrogens with one attached hydrogen (secondary N) is 1. The summed E-state index contributed by atoms with van der Waals surface area (Å²) in [5, 5.41) is 4.08. The van der Waals surface area contributed by atoms with Gasteiger partial charge in [-0.3, -0.25) is 4.79 Å². The third kappa shape index (κ3) is 5.76. The molecule has 0 aliphatic carbocycles. The zero-order valence-electron chi connectivity index (χ0n) is 16.4. The van der Waals surface area contributed by atoms with Crippen molar-refractivity contribution in [1.82, 2.24) is 5.43 Å². The van der Waals surface area contributed by atoms with Gasteiger partial charge in [-0.1, -0.05) is 24.6 Å². The molecule has 0 bridgehead atoms. The van der Waals surface area contributed by atoms with Gasteiger partial charge in [0, 0.05) is 10.5 Å². The van der Waals surface area contributed by atoms with Crippen LogP contribution in [0.15, 0.2) is 52.5 Å². The molecule has 0 aromatic heterocycles. The van der Waals surface area contributed by atoms with Gasteiger partial charge in [0.15, 0.2) is 11.5 Å². The number of benzene rings is 2. The lowest BCUT2D eigenvalue weighted by atomic mass is 10.1. The average Bonchev–Trinajstić information content (AvgIpc) is 2.69. The van der Waals surface area contributed by atoms with E-state index < -0.39 is 0 Å². The zero-order chi connectivity index (χ0) is 19.8. The molecule has 1 N–H and O–H groups in total. The number of aryl methyl sites for hydroxylation is 1. The van der Waals surface area contributed by atoms with E-state index in [9.17, 15) is 4.79 Å². The second kappa shape index (κ2) is 10.0. The maximum Gasteiger partial charge on any atom is 0.253 e. The molecule has 2 aromatic carbocycles. The van der Waals surface area contributed by atoms with Crippen LogP contribution < -0.4 is 14.9 Å². The minimum Gasteiger partial charge on any atom is -0.493 e. The van der Waals surface area contributed by atoms with E-state index in [1.54, 1.807) is 14.2 Å². The molecule has 0 saturated carbocycles. The third-order valence-corrected chi connectivity index (χ3v) is 5.17. The Morgan fingerprint density at radius 2 is 1.78 bits per heavy atom. The van der Waals surface area contributed by atoms with Gasteiger partial charge in [0.25, 0.3) is 5.91 Å². The van der Waals surface area contributed by atoms with Gasteiger partial charge in [-0.2, -0.15) is 5.10 Å². The molecule has 0 unspecified atom stereocenters. The highest BCUT2D eigenvalue weighted by atomic mass is 32.2. The number of nitrogens with zero attached hydrogens (tertiary/aromatic N) is 1. The molecule has 0 saturated heterocycles. The van der Waals surface area contributed by atoms with E-state index in [0.717, 1.165) is 16.2 Å². The van der Waals surface area contributed by atoms with E-state index in [-0.39, 0.29) is 11.2 Å². The highest BCUT2D eigenvalue weighted by Gasteiger charge is 2.15. The molecule has 1 amide bonds. The van der Waals surface area contributed by atoms with Crippen LogP contribution in [-0.2, 0) is 4.79 Å². The summed E-state index contributed by atoms with van der Waals surface area (Å²) in [5.41, 5.74) is 5.54. The molecule has 0 aliphatic rings. The van der Waals surface area contributed by atoms with Crippen LogP contribution in [0.3, 0.4) is 0 Å². The van der Waals surface area contributed by atoms with Crippen LogP contribution in [-0.4, -0.2) is 31.1 Å². The van der Waals surface area contributed by atoms with E-state index >= 15 is 0 Å². The topological polar surface area (TPSA) is 59.9 Å². The largest absolute Gasteiger partial charge is 0.493 e. The summed E-state index contributed by atoms with van der Waals surface area (Å²) in [6.45, 7) is 5.91. The Balaban J connectivity index is 2.07. The van der Waals surface area contributed by atoms with Gasteiger partial charge in [-0.25, -0.2) is 5.43 Å². The molecule has 0 radical (unpaired) electrons. The summed E-state index contributed by atoms with van der Waals surface area (Å²) < 4.78 is 10.6. The second-order valence-electron chi connectivity index (χ2n) is 6.03. The molecule has 0 spiro atoms. The predicted octanol–water partition coefficient (Wildman–Crippen LogP) is 4.42. The Morgan fingerprint density at radius 1 is 1.11 bits per heavy atom. The van der Waals surface area contributed by atoms with Gasteiger partial charge in [0.05, 0.1) is 25.2 Å². The number of hydrazone groups is 1.